The molecule has 31 heavy (non-hydrogen) atoms. The highest BCUT2D eigenvalue weighted by Crippen LogP contribution is 2.28. The van der Waals surface area contributed by atoms with E-state index in [9.17, 15) is 4.39 Å². The number of halogens is 1. The Kier molecular flexibility index (Phi) is 5.23. The Morgan fingerprint density at radius 3 is 2.90 bits per heavy atom. The van der Waals surface area contributed by atoms with Crippen molar-refractivity contribution in [1.29, 1.82) is 0 Å². The molecule has 3 aromatic heterocycles. The van der Waals surface area contributed by atoms with Crippen LogP contribution in [0.4, 0.5) is 4.39 Å². The molecule has 1 aromatic carbocycles. The zero-order valence-electron chi connectivity index (χ0n) is 16.9. The number of hydrogen-bond donors (Lipinski definition) is 2. The van der Waals surface area contributed by atoms with Gasteiger partial charge in [-0.05, 0) is 30.2 Å². The number of aromatic nitrogens is 4. The molecule has 3 N–H and O–H groups in total. The fourth-order valence-electron chi connectivity index (χ4n) is 4.03. The first-order valence-corrected chi connectivity index (χ1v) is 10.3. The quantitative estimate of drug-likeness (QED) is 0.490. The lowest BCUT2D eigenvalue weighted by atomic mass is 10.1. The summed E-state index contributed by atoms with van der Waals surface area (Å²) in [5.41, 5.74) is 8.99. The zero-order valence-corrected chi connectivity index (χ0v) is 16.9. The first kappa shape index (κ1) is 19.8. The van der Waals surface area contributed by atoms with E-state index in [1.54, 1.807) is 12.1 Å². The fourth-order valence-corrected chi connectivity index (χ4v) is 4.03. The van der Waals surface area contributed by atoms with Gasteiger partial charge in [-0.15, -0.1) is 10.2 Å². The van der Waals surface area contributed by atoms with Gasteiger partial charge in [0, 0.05) is 43.3 Å². The number of ether oxygens (including phenoxy) is 1. The van der Waals surface area contributed by atoms with Crippen LogP contribution in [-0.2, 0) is 6.54 Å². The normalized spacial score (nSPS) is 17.1. The number of aliphatic hydroxyl groups excluding tert-OH is 1. The molecule has 1 atom stereocenters. The summed E-state index contributed by atoms with van der Waals surface area (Å²) in [6.45, 7) is 2.59. The van der Waals surface area contributed by atoms with Gasteiger partial charge in [0.15, 0.2) is 11.5 Å². The van der Waals surface area contributed by atoms with E-state index in [4.69, 9.17) is 15.6 Å². The SMILES string of the molecule is NC1CCN(Cc2ccc3nnc(-c4ccc5cc(F)cc(OCCO)c5n4)n3c2)C1. The van der Waals surface area contributed by atoms with Gasteiger partial charge in [0.1, 0.15) is 29.4 Å². The van der Waals surface area contributed by atoms with Crippen LogP contribution in [0.15, 0.2) is 42.6 Å². The largest absolute Gasteiger partial charge is 0.489 e. The van der Waals surface area contributed by atoms with Crippen LogP contribution in [0.1, 0.15) is 12.0 Å². The molecular weight excluding hydrogens is 399 g/mol. The van der Waals surface area contributed by atoms with Gasteiger partial charge < -0.3 is 15.6 Å². The van der Waals surface area contributed by atoms with E-state index in [1.807, 2.05) is 16.7 Å². The highest BCUT2D eigenvalue weighted by atomic mass is 19.1. The maximum absolute atomic E-state index is 13.9. The Morgan fingerprint density at radius 1 is 1.19 bits per heavy atom. The number of nitrogens with zero attached hydrogens (tertiary/aromatic N) is 5. The van der Waals surface area contributed by atoms with Crippen molar-refractivity contribution in [2.24, 2.45) is 5.73 Å². The average molecular weight is 422 g/mol. The van der Waals surface area contributed by atoms with Gasteiger partial charge in [-0.3, -0.25) is 9.30 Å². The number of aliphatic hydroxyl groups is 1. The molecule has 0 spiro atoms. The molecule has 1 aliphatic rings. The molecular formula is C22H23FN6O2. The van der Waals surface area contributed by atoms with Gasteiger partial charge >= 0.3 is 0 Å². The third kappa shape index (κ3) is 3.95. The van der Waals surface area contributed by atoms with Crippen molar-refractivity contribution < 1.29 is 14.2 Å². The molecule has 0 radical (unpaired) electrons. The number of likely N-dealkylation sites (tertiary alicyclic amines) is 1. The molecule has 1 fully saturated rings. The van der Waals surface area contributed by atoms with E-state index in [1.165, 1.54) is 12.1 Å². The molecule has 1 unspecified atom stereocenters. The smallest absolute Gasteiger partial charge is 0.187 e. The second kappa shape index (κ2) is 8.18. The third-order valence-electron chi connectivity index (χ3n) is 5.48. The first-order chi connectivity index (χ1) is 15.1. The van der Waals surface area contributed by atoms with Crippen LogP contribution in [0.5, 0.6) is 5.75 Å². The molecule has 1 saturated heterocycles. The van der Waals surface area contributed by atoms with Crippen molar-refractivity contribution in [1.82, 2.24) is 24.5 Å². The monoisotopic (exact) mass is 422 g/mol. The molecule has 0 aliphatic carbocycles. The molecule has 0 bridgehead atoms. The maximum atomic E-state index is 13.9. The van der Waals surface area contributed by atoms with Crippen molar-refractivity contribution in [2.45, 2.75) is 19.0 Å². The summed E-state index contributed by atoms with van der Waals surface area (Å²) in [6, 6.07) is 10.5. The van der Waals surface area contributed by atoms with E-state index >= 15 is 0 Å². The maximum Gasteiger partial charge on any atom is 0.187 e. The lowest BCUT2D eigenvalue weighted by molar-refractivity contribution is 0.202. The van der Waals surface area contributed by atoms with Crippen LogP contribution in [0.3, 0.4) is 0 Å². The Hall–Kier alpha value is -3.14. The summed E-state index contributed by atoms with van der Waals surface area (Å²) in [4.78, 5) is 7.02. The van der Waals surface area contributed by atoms with Crippen molar-refractivity contribution in [3.63, 3.8) is 0 Å². The Labute approximate surface area is 178 Å². The summed E-state index contributed by atoms with van der Waals surface area (Å²) in [5, 5.41) is 18.3. The van der Waals surface area contributed by atoms with Crippen LogP contribution < -0.4 is 10.5 Å². The molecule has 9 heteroatoms. The fraction of sp³-hybridized carbons (Fsp3) is 0.318. The number of hydrogen-bond acceptors (Lipinski definition) is 7. The number of nitrogens with two attached hydrogens (primary N) is 1. The molecule has 8 nitrogen and oxygen atoms in total. The third-order valence-corrected chi connectivity index (χ3v) is 5.48. The predicted octanol–water partition coefficient (Wildman–Crippen LogP) is 1.99. The van der Waals surface area contributed by atoms with Gasteiger partial charge in [-0.25, -0.2) is 9.37 Å². The Morgan fingerprint density at radius 2 is 2.10 bits per heavy atom. The minimum atomic E-state index is -0.422. The molecule has 4 heterocycles. The topological polar surface area (TPSA) is 102 Å². The van der Waals surface area contributed by atoms with Gasteiger partial charge in [0.25, 0.3) is 0 Å². The number of pyridine rings is 2. The highest BCUT2D eigenvalue weighted by molar-refractivity contribution is 5.86. The average Bonchev–Trinajstić information content (AvgIpc) is 3.37. The van der Waals surface area contributed by atoms with Crippen molar-refractivity contribution in [3.8, 4) is 17.3 Å². The van der Waals surface area contributed by atoms with Crippen molar-refractivity contribution in [3.05, 3.63) is 54.0 Å². The minimum Gasteiger partial charge on any atom is -0.489 e. The van der Waals surface area contributed by atoms with Crippen LogP contribution in [0, 0.1) is 5.82 Å². The lowest BCUT2D eigenvalue weighted by Crippen LogP contribution is -2.26. The molecule has 5 rings (SSSR count). The lowest BCUT2D eigenvalue weighted by Gasteiger charge is -2.15. The standard InChI is InChI=1S/C22H23FN6O2/c23-16-9-15-2-3-18(25-21(15)19(10-16)31-8-7-30)22-27-26-20-4-1-14(12-29(20)22)11-28-6-5-17(24)13-28/h1-4,9-10,12,17,30H,5-8,11,13,24H2. The molecule has 160 valence electrons. The summed E-state index contributed by atoms with van der Waals surface area (Å²) >= 11 is 0. The van der Waals surface area contributed by atoms with Crippen molar-refractivity contribution >= 4 is 16.6 Å². The van der Waals surface area contributed by atoms with Gasteiger partial charge in [-0.2, -0.15) is 0 Å². The number of fused-ring (bicyclic) bond motifs is 2. The number of rotatable bonds is 6. The summed E-state index contributed by atoms with van der Waals surface area (Å²) in [7, 11) is 0. The van der Waals surface area contributed by atoms with E-state index in [2.05, 4.69) is 26.1 Å². The van der Waals surface area contributed by atoms with Crippen molar-refractivity contribution in [2.75, 3.05) is 26.3 Å². The molecule has 0 amide bonds. The highest BCUT2D eigenvalue weighted by Gasteiger charge is 2.19. The molecule has 1 aliphatic heterocycles. The second-order valence-corrected chi connectivity index (χ2v) is 7.82. The zero-order chi connectivity index (χ0) is 21.4. The second-order valence-electron chi connectivity index (χ2n) is 7.82. The van der Waals surface area contributed by atoms with Gasteiger partial charge in [-0.1, -0.05) is 12.1 Å². The van der Waals surface area contributed by atoms with E-state index < -0.39 is 5.82 Å². The minimum absolute atomic E-state index is 0.0574. The Balaban J connectivity index is 1.53. The van der Waals surface area contributed by atoms with E-state index in [0.717, 1.165) is 37.3 Å². The summed E-state index contributed by atoms with van der Waals surface area (Å²) in [6.07, 6.45) is 3.04. The summed E-state index contributed by atoms with van der Waals surface area (Å²) in [5.74, 6) is 0.453. The summed E-state index contributed by atoms with van der Waals surface area (Å²) < 4.78 is 21.3. The molecule has 0 saturated carbocycles. The number of benzene rings is 1. The Bertz CT molecular complexity index is 1240. The van der Waals surface area contributed by atoms with E-state index in [0.29, 0.717) is 22.4 Å². The molecule has 4 aromatic rings. The van der Waals surface area contributed by atoms with Crippen LogP contribution in [0.2, 0.25) is 0 Å². The van der Waals surface area contributed by atoms with Gasteiger partial charge in [0.05, 0.1) is 6.61 Å². The van der Waals surface area contributed by atoms with Crippen LogP contribution in [0.25, 0.3) is 28.1 Å². The van der Waals surface area contributed by atoms with Crippen LogP contribution in [-0.4, -0.2) is 61.9 Å². The van der Waals surface area contributed by atoms with Gasteiger partial charge in [0.2, 0.25) is 0 Å². The van der Waals surface area contributed by atoms with Crippen LogP contribution >= 0.6 is 0 Å². The van der Waals surface area contributed by atoms with E-state index in [-0.39, 0.29) is 25.0 Å². The predicted molar refractivity (Wildman–Crippen MR) is 114 cm³/mol. The first-order valence-electron chi connectivity index (χ1n) is 10.3.